The van der Waals surface area contributed by atoms with Crippen molar-refractivity contribution < 1.29 is 0 Å². The first-order chi connectivity index (χ1) is 12.2. The number of hydrogen-bond donors (Lipinski definition) is 0. The van der Waals surface area contributed by atoms with Gasteiger partial charge >= 0.3 is 0 Å². The second-order valence-electron chi connectivity index (χ2n) is 9.13. The minimum Gasteiger partial charge on any atom is -0.0654 e. The van der Waals surface area contributed by atoms with Crippen molar-refractivity contribution in [1.29, 1.82) is 0 Å². The molecule has 2 fully saturated rings. The number of benzene rings is 1. The van der Waals surface area contributed by atoms with Crippen molar-refractivity contribution in [3.8, 4) is 0 Å². The normalized spacial score (nSPS) is 30.4. The van der Waals surface area contributed by atoms with Gasteiger partial charge in [-0.15, -0.1) is 0 Å². The molecule has 0 aromatic heterocycles. The van der Waals surface area contributed by atoms with Crippen LogP contribution in [-0.4, -0.2) is 0 Å². The lowest BCUT2D eigenvalue weighted by Gasteiger charge is -2.31. The highest BCUT2D eigenvalue weighted by Crippen LogP contribution is 2.41. The molecular formula is C25H40. The molecule has 0 radical (unpaired) electrons. The van der Waals surface area contributed by atoms with Crippen molar-refractivity contribution in [3.05, 3.63) is 34.9 Å². The fourth-order valence-corrected chi connectivity index (χ4v) is 5.77. The third kappa shape index (κ3) is 4.89. The summed E-state index contributed by atoms with van der Waals surface area (Å²) < 4.78 is 0. The molecule has 0 amide bonds. The molecule has 140 valence electrons. The molecule has 0 nitrogen and oxygen atoms in total. The molecular weight excluding hydrogens is 300 g/mol. The molecule has 0 unspecified atom stereocenters. The second kappa shape index (κ2) is 9.24. The average Bonchev–Trinajstić information content (AvgIpc) is 2.64. The van der Waals surface area contributed by atoms with Gasteiger partial charge in [-0.2, -0.15) is 0 Å². The van der Waals surface area contributed by atoms with Gasteiger partial charge in [-0.3, -0.25) is 0 Å². The van der Waals surface area contributed by atoms with Gasteiger partial charge in [0.1, 0.15) is 0 Å². The summed E-state index contributed by atoms with van der Waals surface area (Å²) in [7, 11) is 0. The summed E-state index contributed by atoms with van der Waals surface area (Å²) in [6, 6.07) is 7.55. The van der Waals surface area contributed by atoms with Gasteiger partial charge in [0, 0.05) is 0 Å². The monoisotopic (exact) mass is 340 g/mol. The van der Waals surface area contributed by atoms with E-state index in [9.17, 15) is 0 Å². The molecule has 0 aliphatic heterocycles. The molecule has 2 aliphatic carbocycles. The molecule has 0 atom stereocenters. The van der Waals surface area contributed by atoms with Gasteiger partial charge < -0.3 is 0 Å². The van der Waals surface area contributed by atoms with Crippen LogP contribution in [0, 0.1) is 18.8 Å². The maximum atomic E-state index is 2.55. The summed E-state index contributed by atoms with van der Waals surface area (Å²) in [5.41, 5.74) is 4.88. The summed E-state index contributed by atoms with van der Waals surface area (Å²) in [6.45, 7) is 7.05. The van der Waals surface area contributed by atoms with Crippen LogP contribution in [0.2, 0.25) is 0 Å². The number of rotatable bonds is 6. The maximum absolute atomic E-state index is 2.55. The smallest absolute Gasteiger partial charge is 0.0159 e. The highest BCUT2D eigenvalue weighted by molar-refractivity contribution is 5.35. The summed E-state index contributed by atoms with van der Waals surface area (Å²) in [5.74, 6) is 3.70. The standard InChI is InChI=1S/C25H40/c1-4-6-20-8-12-22(13-9-20)24-16-17-25(19(3)18-24)23-14-10-21(7-5-2)11-15-23/h16-18,20-23H,4-15H2,1-3H3. The lowest BCUT2D eigenvalue weighted by molar-refractivity contribution is 0.306. The van der Waals surface area contributed by atoms with Gasteiger partial charge in [0.15, 0.2) is 0 Å². The predicted octanol–water partition coefficient (Wildman–Crippen LogP) is 8.14. The summed E-state index contributed by atoms with van der Waals surface area (Å²) >= 11 is 0. The molecule has 0 spiro atoms. The van der Waals surface area contributed by atoms with Crippen LogP contribution in [0.15, 0.2) is 18.2 Å². The van der Waals surface area contributed by atoms with E-state index in [0.717, 1.165) is 23.7 Å². The molecule has 1 aromatic carbocycles. The van der Waals surface area contributed by atoms with E-state index in [1.54, 1.807) is 16.7 Å². The topological polar surface area (TPSA) is 0 Å². The van der Waals surface area contributed by atoms with Gasteiger partial charge in [0.25, 0.3) is 0 Å². The van der Waals surface area contributed by atoms with Crippen molar-refractivity contribution in [1.82, 2.24) is 0 Å². The van der Waals surface area contributed by atoms with E-state index in [-0.39, 0.29) is 0 Å². The molecule has 2 aliphatic rings. The zero-order valence-corrected chi connectivity index (χ0v) is 17.0. The van der Waals surface area contributed by atoms with E-state index >= 15 is 0 Å². The SMILES string of the molecule is CCCC1CCC(c2ccc(C3CCC(CCC)CC3)c(C)c2)CC1. The van der Waals surface area contributed by atoms with Gasteiger partial charge in [0.05, 0.1) is 0 Å². The molecule has 3 rings (SSSR count). The third-order valence-electron chi connectivity index (χ3n) is 7.29. The van der Waals surface area contributed by atoms with Crippen LogP contribution in [0.4, 0.5) is 0 Å². The van der Waals surface area contributed by atoms with Gasteiger partial charge in [-0.1, -0.05) is 57.7 Å². The fraction of sp³-hybridized carbons (Fsp3) is 0.760. The van der Waals surface area contributed by atoms with Gasteiger partial charge in [-0.05, 0) is 98.7 Å². The van der Waals surface area contributed by atoms with Crippen LogP contribution in [0.3, 0.4) is 0 Å². The summed E-state index contributed by atoms with van der Waals surface area (Å²) in [4.78, 5) is 0. The minimum absolute atomic E-state index is 0.834. The second-order valence-corrected chi connectivity index (χ2v) is 9.13. The lowest BCUT2D eigenvalue weighted by Crippen LogP contribution is -2.15. The zero-order chi connectivity index (χ0) is 17.6. The van der Waals surface area contributed by atoms with Crippen molar-refractivity contribution in [3.63, 3.8) is 0 Å². The third-order valence-corrected chi connectivity index (χ3v) is 7.29. The van der Waals surface area contributed by atoms with Crippen LogP contribution in [0.25, 0.3) is 0 Å². The van der Waals surface area contributed by atoms with Crippen molar-refractivity contribution in [2.24, 2.45) is 11.8 Å². The van der Waals surface area contributed by atoms with E-state index in [0.29, 0.717) is 0 Å². The van der Waals surface area contributed by atoms with Crippen molar-refractivity contribution in [2.75, 3.05) is 0 Å². The summed E-state index contributed by atoms with van der Waals surface area (Å²) in [5, 5.41) is 0. The summed E-state index contributed by atoms with van der Waals surface area (Å²) in [6.07, 6.45) is 17.2. The van der Waals surface area contributed by atoms with E-state index in [1.165, 1.54) is 77.0 Å². The highest BCUT2D eigenvalue weighted by Gasteiger charge is 2.25. The van der Waals surface area contributed by atoms with E-state index in [2.05, 4.69) is 39.0 Å². The molecule has 0 heteroatoms. The Labute approximate surface area is 156 Å². The Morgan fingerprint density at radius 1 is 0.720 bits per heavy atom. The quantitative estimate of drug-likeness (QED) is 0.490. The Balaban J connectivity index is 1.58. The largest absolute Gasteiger partial charge is 0.0654 e. The Kier molecular flexibility index (Phi) is 7.02. The minimum atomic E-state index is 0.834. The molecule has 25 heavy (non-hydrogen) atoms. The molecule has 0 N–H and O–H groups in total. The van der Waals surface area contributed by atoms with E-state index in [4.69, 9.17) is 0 Å². The Bertz CT molecular complexity index is 513. The maximum Gasteiger partial charge on any atom is -0.0159 e. The first-order valence-corrected chi connectivity index (χ1v) is 11.3. The Hall–Kier alpha value is -0.780. The van der Waals surface area contributed by atoms with Crippen LogP contribution in [0.5, 0.6) is 0 Å². The van der Waals surface area contributed by atoms with E-state index < -0.39 is 0 Å². The van der Waals surface area contributed by atoms with Crippen LogP contribution in [0.1, 0.15) is 119 Å². The van der Waals surface area contributed by atoms with Crippen LogP contribution < -0.4 is 0 Å². The van der Waals surface area contributed by atoms with Crippen LogP contribution in [-0.2, 0) is 0 Å². The first-order valence-electron chi connectivity index (χ1n) is 11.3. The highest BCUT2D eigenvalue weighted by atomic mass is 14.3. The predicted molar refractivity (Wildman–Crippen MR) is 110 cm³/mol. The molecule has 0 bridgehead atoms. The van der Waals surface area contributed by atoms with Crippen molar-refractivity contribution in [2.45, 2.75) is 110 Å². The van der Waals surface area contributed by atoms with Gasteiger partial charge in [-0.25, -0.2) is 0 Å². The average molecular weight is 341 g/mol. The number of aryl methyl sites for hydroxylation is 1. The van der Waals surface area contributed by atoms with Crippen LogP contribution >= 0.6 is 0 Å². The Morgan fingerprint density at radius 2 is 1.24 bits per heavy atom. The first kappa shape index (κ1) is 19.0. The zero-order valence-electron chi connectivity index (χ0n) is 17.0. The lowest BCUT2D eigenvalue weighted by atomic mass is 9.74. The molecule has 0 heterocycles. The molecule has 1 aromatic rings. The Morgan fingerprint density at radius 3 is 1.72 bits per heavy atom. The molecule has 2 saturated carbocycles. The number of hydrogen-bond acceptors (Lipinski definition) is 0. The van der Waals surface area contributed by atoms with Gasteiger partial charge in [0.2, 0.25) is 0 Å². The fourth-order valence-electron chi connectivity index (χ4n) is 5.77. The van der Waals surface area contributed by atoms with Crippen molar-refractivity contribution >= 4 is 0 Å². The molecule has 0 saturated heterocycles. The van der Waals surface area contributed by atoms with E-state index in [1.807, 2.05) is 0 Å².